The van der Waals surface area contributed by atoms with E-state index in [2.05, 4.69) is 26.8 Å². The van der Waals surface area contributed by atoms with Crippen LogP contribution in [0.2, 0.25) is 0 Å². The van der Waals surface area contributed by atoms with Gasteiger partial charge in [-0.1, -0.05) is 6.07 Å². The molecule has 0 amide bonds. The van der Waals surface area contributed by atoms with Gasteiger partial charge in [0.05, 0.1) is 26.5 Å². The average Bonchev–Trinajstić information content (AvgIpc) is 3.14. The zero-order valence-corrected chi connectivity index (χ0v) is 16.6. The summed E-state index contributed by atoms with van der Waals surface area (Å²) < 4.78 is 12.7. The summed E-state index contributed by atoms with van der Waals surface area (Å²) in [6.45, 7) is 4.10. The Labute approximate surface area is 165 Å². The molecule has 0 bridgehead atoms. The molecule has 0 unspecified atom stereocenters. The molecule has 2 heterocycles. The van der Waals surface area contributed by atoms with Crippen LogP contribution in [0.1, 0.15) is 18.2 Å². The topological polar surface area (TPSA) is 72.2 Å². The third kappa shape index (κ3) is 4.94. The van der Waals surface area contributed by atoms with Crippen molar-refractivity contribution in [2.24, 2.45) is 4.99 Å². The Morgan fingerprint density at radius 2 is 2.04 bits per heavy atom. The van der Waals surface area contributed by atoms with Gasteiger partial charge in [-0.25, -0.2) is 9.98 Å². The predicted molar refractivity (Wildman–Crippen MR) is 111 cm³/mol. The maximum Gasteiger partial charge on any atom is 0.191 e. The molecule has 0 aliphatic rings. The molecule has 0 aliphatic carbocycles. The van der Waals surface area contributed by atoms with Crippen molar-refractivity contribution in [3.8, 4) is 11.5 Å². The molecule has 3 rings (SSSR count). The molecular weight excluding hydrogens is 354 g/mol. The summed E-state index contributed by atoms with van der Waals surface area (Å²) in [5.74, 6) is 2.30. The Morgan fingerprint density at radius 1 is 1.14 bits per heavy atom. The highest BCUT2D eigenvalue weighted by molar-refractivity contribution is 5.79. The molecule has 0 radical (unpaired) electrons. The van der Waals surface area contributed by atoms with Gasteiger partial charge in [0, 0.05) is 43.5 Å². The standard InChI is InChI=1S/C21H27N5O2/c1-4-22-21(24-14-16-8-9-18(27-2)13-19(16)28-3)23-11-10-17-15-26-12-6-5-7-20(26)25-17/h5-9,12-13,15H,4,10-11,14H2,1-3H3,(H2,22,23,24). The summed E-state index contributed by atoms with van der Waals surface area (Å²) in [7, 11) is 3.29. The van der Waals surface area contributed by atoms with Gasteiger partial charge in [-0.2, -0.15) is 0 Å². The van der Waals surface area contributed by atoms with Gasteiger partial charge >= 0.3 is 0 Å². The Bertz CT molecular complexity index is 902. The molecule has 2 aromatic heterocycles. The quantitative estimate of drug-likeness (QED) is 0.464. The monoisotopic (exact) mass is 381 g/mol. The van der Waals surface area contributed by atoms with Gasteiger partial charge in [0.25, 0.3) is 0 Å². The number of nitrogens with zero attached hydrogens (tertiary/aromatic N) is 3. The van der Waals surface area contributed by atoms with Crippen molar-refractivity contribution in [2.45, 2.75) is 19.9 Å². The smallest absolute Gasteiger partial charge is 0.191 e. The molecule has 0 spiro atoms. The lowest BCUT2D eigenvalue weighted by atomic mass is 10.2. The van der Waals surface area contributed by atoms with Gasteiger partial charge in [-0.05, 0) is 31.2 Å². The fraction of sp³-hybridized carbons (Fsp3) is 0.333. The number of aliphatic imine (C=N–C) groups is 1. The van der Waals surface area contributed by atoms with Crippen LogP contribution in [0.4, 0.5) is 0 Å². The fourth-order valence-electron chi connectivity index (χ4n) is 2.91. The number of guanidine groups is 1. The number of pyridine rings is 1. The molecule has 2 N–H and O–H groups in total. The lowest BCUT2D eigenvalue weighted by Gasteiger charge is -2.12. The second kappa shape index (κ2) is 9.64. The maximum atomic E-state index is 5.45. The predicted octanol–water partition coefficient (Wildman–Crippen LogP) is 2.65. The van der Waals surface area contributed by atoms with Crippen LogP contribution in [0.25, 0.3) is 5.65 Å². The molecule has 1 aromatic carbocycles. The minimum absolute atomic E-state index is 0.511. The van der Waals surface area contributed by atoms with Gasteiger partial charge in [-0.3, -0.25) is 0 Å². The second-order valence-electron chi connectivity index (χ2n) is 6.25. The van der Waals surface area contributed by atoms with E-state index in [0.29, 0.717) is 6.54 Å². The van der Waals surface area contributed by atoms with Crippen molar-refractivity contribution < 1.29 is 9.47 Å². The zero-order chi connectivity index (χ0) is 19.8. The van der Waals surface area contributed by atoms with Gasteiger partial charge in [0.1, 0.15) is 17.1 Å². The van der Waals surface area contributed by atoms with Crippen LogP contribution < -0.4 is 20.1 Å². The first kappa shape index (κ1) is 19.5. The first-order valence-electron chi connectivity index (χ1n) is 9.39. The van der Waals surface area contributed by atoms with E-state index in [-0.39, 0.29) is 0 Å². The number of rotatable bonds is 8. The lowest BCUT2D eigenvalue weighted by Crippen LogP contribution is -2.38. The maximum absolute atomic E-state index is 5.45. The molecule has 7 heteroatoms. The summed E-state index contributed by atoms with van der Waals surface area (Å²) >= 11 is 0. The summed E-state index contributed by atoms with van der Waals surface area (Å²) in [5, 5.41) is 6.64. The third-order valence-electron chi connectivity index (χ3n) is 4.33. The van der Waals surface area contributed by atoms with E-state index in [4.69, 9.17) is 9.47 Å². The number of methoxy groups -OCH3 is 2. The Hall–Kier alpha value is -3.22. The lowest BCUT2D eigenvalue weighted by molar-refractivity contribution is 0.391. The van der Waals surface area contributed by atoms with Crippen LogP contribution in [0.5, 0.6) is 11.5 Å². The molecular formula is C21H27N5O2. The van der Waals surface area contributed by atoms with Gasteiger partial charge in [0.15, 0.2) is 5.96 Å². The van der Waals surface area contributed by atoms with Crippen molar-refractivity contribution in [3.63, 3.8) is 0 Å². The van der Waals surface area contributed by atoms with E-state index < -0.39 is 0 Å². The molecule has 0 fully saturated rings. The number of benzene rings is 1. The zero-order valence-electron chi connectivity index (χ0n) is 16.6. The highest BCUT2D eigenvalue weighted by Crippen LogP contribution is 2.25. The van der Waals surface area contributed by atoms with Crippen LogP contribution in [-0.2, 0) is 13.0 Å². The van der Waals surface area contributed by atoms with E-state index in [9.17, 15) is 0 Å². The summed E-state index contributed by atoms with van der Waals surface area (Å²) in [5.41, 5.74) is 3.01. The third-order valence-corrected chi connectivity index (χ3v) is 4.33. The summed E-state index contributed by atoms with van der Waals surface area (Å²) in [4.78, 5) is 9.29. The molecule has 0 saturated heterocycles. The highest BCUT2D eigenvalue weighted by atomic mass is 16.5. The van der Waals surface area contributed by atoms with Gasteiger partial charge in [0.2, 0.25) is 0 Å². The molecule has 148 valence electrons. The highest BCUT2D eigenvalue weighted by Gasteiger charge is 2.06. The van der Waals surface area contributed by atoms with E-state index in [1.807, 2.05) is 53.9 Å². The fourth-order valence-corrected chi connectivity index (χ4v) is 2.91. The first-order chi connectivity index (χ1) is 13.7. The van der Waals surface area contributed by atoms with Crippen LogP contribution in [-0.4, -0.2) is 42.7 Å². The molecule has 28 heavy (non-hydrogen) atoms. The normalized spacial score (nSPS) is 11.5. The van der Waals surface area contributed by atoms with E-state index >= 15 is 0 Å². The Morgan fingerprint density at radius 3 is 2.79 bits per heavy atom. The number of fused-ring (bicyclic) bond motifs is 1. The number of nitrogens with one attached hydrogen (secondary N) is 2. The van der Waals surface area contributed by atoms with Crippen LogP contribution in [0, 0.1) is 0 Å². The first-order valence-corrected chi connectivity index (χ1v) is 9.39. The van der Waals surface area contributed by atoms with Gasteiger partial charge in [-0.15, -0.1) is 0 Å². The molecule has 3 aromatic rings. The van der Waals surface area contributed by atoms with Crippen LogP contribution >= 0.6 is 0 Å². The van der Waals surface area contributed by atoms with Crippen molar-refractivity contribution in [3.05, 3.63) is 60.0 Å². The minimum atomic E-state index is 0.511. The van der Waals surface area contributed by atoms with E-state index in [0.717, 1.165) is 53.9 Å². The van der Waals surface area contributed by atoms with Crippen molar-refractivity contribution in [1.82, 2.24) is 20.0 Å². The molecule has 0 aliphatic heterocycles. The summed E-state index contributed by atoms with van der Waals surface area (Å²) in [6, 6.07) is 11.8. The minimum Gasteiger partial charge on any atom is -0.497 e. The van der Waals surface area contributed by atoms with Crippen molar-refractivity contribution in [1.29, 1.82) is 0 Å². The van der Waals surface area contributed by atoms with Gasteiger partial charge < -0.3 is 24.5 Å². The largest absolute Gasteiger partial charge is 0.497 e. The van der Waals surface area contributed by atoms with Crippen LogP contribution in [0.15, 0.2) is 53.8 Å². The van der Waals surface area contributed by atoms with E-state index in [1.54, 1.807) is 14.2 Å². The average molecular weight is 381 g/mol. The number of imidazole rings is 1. The van der Waals surface area contributed by atoms with Crippen molar-refractivity contribution in [2.75, 3.05) is 27.3 Å². The SMILES string of the molecule is CCNC(=NCc1ccc(OC)cc1OC)NCCc1cn2ccccc2n1. The molecule has 0 atom stereocenters. The number of ether oxygens (including phenoxy) is 2. The Balaban J connectivity index is 1.61. The Kier molecular flexibility index (Phi) is 6.73. The van der Waals surface area contributed by atoms with E-state index in [1.165, 1.54) is 0 Å². The van der Waals surface area contributed by atoms with Crippen molar-refractivity contribution >= 4 is 11.6 Å². The molecule has 7 nitrogen and oxygen atoms in total. The number of hydrogen-bond donors (Lipinski definition) is 2. The number of hydrogen-bond acceptors (Lipinski definition) is 4. The number of aromatic nitrogens is 2. The summed E-state index contributed by atoms with van der Waals surface area (Å²) in [6.07, 6.45) is 4.88. The van der Waals surface area contributed by atoms with Crippen LogP contribution in [0.3, 0.4) is 0 Å². The molecule has 0 saturated carbocycles. The second-order valence-corrected chi connectivity index (χ2v) is 6.25.